The summed E-state index contributed by atoms with van der Waals surface area (Å²) in [5, 5.41) is 11.1. The van der Waals surface area contributed by atoms with E-state index < -0.39 is 10.9 Å². The Morgan fingerprint density at radius 2 is 1.51 bits per heavy atom. The second kappa shape index (κ2) is 12.8. The largest absolute Gasteiger partial charge is 0.494 e. The Hall–Kier alpha value is -4.26. The molecule has 0 aliphatic carbocycles. The van der Waals surface area contributed by atoms with E-state index in [1.54, 1.807) is 42.5 Å². The standard InChI is InChI=1S/C28H27NO6/c1-2-3-4-7-20-34-24-15-12-23(13-16-24)28(31)35-25-17-10-22(11-18-25)27(30)19-14-21-8-5-6-9-26(21)29(32)33/h5-6,8-19H,2-4,7,20H2,1H3/b19-14+. The van der Waals surface area contributed by atoms with Crippen LogP contribution >= 0.6 is 0 Å². The van der Waals surface area contributed by atoms with E-state index in [0.29, 0.717) is 34.8 Å². The quantitative estimate of drug-likeness (QED) is 0.0554. The van der Waals surface area contributed by atoms with Gasteiger partial charge in [0.25, 0.3) is 5.69 Å². The van der Waals surface area contributed by atoms with Gasteiger partial charge >= 0.3 is 5.97 Å². The smallest absolute Gasteiger partial charge is 0.343 e. The summed E-state index contributed by atoms with van der Waals surface area (Å²) in [6.45, 7) is 2.81. The number of allylic oxidation sites excluding steroid dienone is 1. The van der Waals surface area contributed by atoms with Crippen LogP contribution in [0.25, 0.3) is 6.08 Å². The number of nitro groups is 1. The highest BCUT2D eigenvalue weighted by atomic mass is 16.6. The maximum atomic E-state index is 12.4. The molecule has 0 unspecified atom stereocenters. The van der Waals surface area contributed by atoms with Gasteiger partial charge in [0.2, 0.25) is 0 Å². The summed E-state index contributed by atoms with van der Waals surface area (Å²) in [6.07, 6.45) is 7.19. The Labute approximate surface area is 204 Å². The second-order valence-corrected chi connectivity index (χ2v) is 7.86. The van der Waals surface area contributed by atoms with Crippen molar-refractivity contribution in [1.82, 2.24) is 0 Å². The molecule has 0 heterocycles. The number of hydrogen-bond donors (Lipinski definition) is 0. The van der Waals surface area contributed by atoms with E-state index in [4.69, 9.17) is 9.47 Å². The first-order valence-corrected chi connectivity index (χ1v) is 11.5. The minimum absolute atomic E-state index is 0.0784. The van der Waals surface area contributed by atoms with Crippen molar-refractivity contribution in [2.75, 3.05) is 6.61 Å². The molecule has 0 saturated carbocycles. The van der Waals surface area contributed by atoms with E-state index in [0.717, 1.165) is 12.8 Å². The number of carbonyl (C=O) groups excluding carboxylic acids is 2. The Bertz CT molecular complexity index is 1180. The van der Waals surface area contributed by atoms with Crippen LogP contribution in [0.4, 0.5) is 5.69 Å². The topological polar surface area (TPSA) is 95.7 Å². The number of nitro benzene ring substituents is 1. The maximum Gasteiger partial charge on any atom is 0.343 e. The van der Waals surface area contributed by atoms with Crippen LogP contribution in [0.1, 0.15) is 58.9 Å². The lowest BCUT2D eigenvalue weighted by atomic mass is 10.1. The Kier molecular flexibility index (Phi) is 9.31. The van der Waals surface area contributed by atoms with Crippen LogP contribution in [0.2, 0.25) is 0 Å². The van der Waals surface area contributed by atoms with Crippen molar-refractivity contribution in [3.63, 3.8) is 0 Å². The molecule has 7 heteroatoms. The van der Waals surface area contributed by atoms with E-state index in [2.05, 4.69) is 6.92 Å². The van der Waals surface area contributed by atoms with E-state index in [1.165, 1.54) is 55.3 Å². The number of hydrogen-bond acceptors (Lipinski definition) is 6. The van der Waals surface area contributed by atoms with Crippen LogP contribution in [0.3, 0.4) is 0 Å². The van der Waals surface area contributed by atoms with Crippen LogP contribution in [0, 0.1) is 10.1 Å². The molecule has 0 spiro atoms. The zero-order valence-corrected chi connectivity index (χ0v) is 19.5. The highest BCUT2D eigenvalue weighted by Crippen LogP contribution is 2.20. The van der Waals surface area contributed by atoms with Crippen LogP contribution in [0.15, 0.2) is 78.9 Å². The summed E-state index contributed by atoms with van der Waals surface area (Å²) in [6, 6.07) is 19.1. The number of carbonyl (C=O) groups is 2. The molecule has 0 N–H and O–H groups in total. The van der Waals surface area contributed by atoms with Gasteiger partial charge in [0.05, 0.1) is 22.7 Å². The molecule has 0 saturated heterocycles. The first kappa shape index (κ1) is 25.4. The Balaban J connectivity index is 1.55. The van der Waals surface area contributed by atoms with Crippen LogP contribution < -0.4 is 9.47 Å². The lowest BCUT2D eigenvalue weighted by Gasteiger charge is -2.08. The van der Waals surface area contributed by atoms with Crippen molar-refractivity contribution in [2.45, 2.75) is 32.6 Å². The van der Waals surface area contributed by atoms with Crippen molar-refractivity contribution in [3.8, 4) is 11.5 Å². The zero-order chi connectivity index (χ0) is 25.0. The molecular weight excluding hydrogens is 446 g/mol. The fourth-order valence-electron chi connectivity index (χ4n) is 3.32. The van der Waals surface area contributed by atoms with Gasteiger partial charge in [0, 0.05) is 11.6 Å². The van der Waals surface area contributed by atoms with E-state index in [1.807, 2.05) is 0 Å². The number of rotatable bonds is 12. The van der Waals surface area contributed by atoms with Gasteiger partial charge in [-0.1, -0.05) is 38.3 Å². The van der Waals surface area contributed by atoms with E-state index in [-0.39, 0.29) is 11.5 Å². The van der Waals surface area contributed by atoms with Gasteiger partial charge in [-0.3, -0.25) is 14.9 Å². The molecule has 0 atom stereocenters. The summed E-state index contributed by atoms with van der Waals surface area (Å²) in [4.78, 5) is 35.5. The fraction of sp³-hybridized carbons (Fsp3) is 0.214. The van der Waals surface area contributed by atoms with Crippen molar-refractivity contribution < 1.29 is 24.0 Å². The fourth-order valence-corrected chi connectivity index (χ4v) is 3.32. The number of esters is 1. The van der Waals surface area contributed by atoms with Crippen molar-refractivity contribution >= 4 is 23.5 Å². The SMILES string of the molecule is CCCCCCOc1ccc(C(=O)Oc2ccc(C(=O)/C=C/c3ccccc3[N+](=O)[O-])cc2)cc1. The van der Waals surface area contributed by atoms with Crippen molar-refractivity contribution in [1.29, 1.82) is 0 Å². The van der Waals surface area contributed by atoms with Crippen molar-refractivity contribution in [3.05, 3.63) is 106 Å². The molecule has 0 aliphatic heterocycles. The average Bonchev–Trinajstić information content (AvgIpc) is 2.88. The maximum absolute atomic E-state index is 12.4. The number of para-hydroxylation sites is 1. The molecule has 3 aromatic rings. The molecule has 3 rings (SSSR count). The molecular formula is C28H27NO6. The minimum atomic E-state index is -0.519. The number of ketones is 1. The van der Waals surface area contributed by atoms with Gasteiger partial charge in [0.1, 0.15) is 11.5 Å². The average molecular weight is 474 g/mol. The normalized spacial score (nSPS) is 10.8. The second-order valence-electron chi connectivity index (χ2n) is 7.86. The molecule has 0 fully saturated rings. The molecule has 0 amide bonds. The third-order valence-electron chi connectivity index (χ3n) is 5.25. The first-order valence-electron chi connectivity index (χ1n) is 11.5. The first-order chi connectivity index (χ1) is 17.0. The molecule has 7 nitrogen and oxygen atoms in total. The molecule has 0 radical (unpaired) electrons. The van der Waals surface area contributed by atoms with Crippen LogP contribution in [0.5, 0.6) is 11.5 Å². The minimum Gasteiger partial charge on any atom is -0.494 e. The summed E-state index contributed by atoms with van der Waals surface area (Å²) in [7, 11) is 0. The highest BCUT2D eigenvalue weighted by molar-refractivity contribution is 6.07. The molecule has 0 aliphatic rings. The number of benzene rings is 3. The van der Waals surface area contributed by atoms with Crippen LogP contribution in [-0.2, 0) is 0 Å². The monoisotopic (exact) mass is 473 g/mol. The van der Waals surface area contributed by atoms with Gasteiger partial charge < -0.3 is 9.47 Å². The summed E-state index contributed by atoms with van der Waals surface area (Å²) < 4.78 is 11.1. The van der Waals surface area contributed by atoms with Crippen LogP contribution in [-0.4, -0.2) is 23.3 Å². The predicted octanol–water partition coefficient (Wildman–Crippen LogP) is 6.67. The molecule has 180 valence electrons. The lowest BCUT2D eigenvalue weighted by molar-refractivity contribution is -0.385. The third-order valence-corrected chi connectivity index (χ3v) is 5.25. The van der Waals surface area contributed by atoms with Gasteiger partial charge in [0.15, 0.2) is 5.78 Å². The summed E-state index contributed by atoms with van der Waals surface area (Å²) >= 11 is 0. The molecule has 0 bridgehead atoms. The van der Waals surface area contributed by atoms with Gasteiger partial charge in [-0.25, -0.2) is 4.79 Å². The summed E-state index contributed by atoms with van der Waals surface area (Å²) in [5.74, 6) is 0.154. The van der Waals surface area contributed by atoms with E-state index >= 15 is 0 Å². The van der Waals surface area contributed by atoms with Crippen molar-refractivity contribution in [2.24, 2.45) is 0 Å². The summed E-state index contributed by atoms with van der Waals surface area (Å²) in [5.41, 5.74) is 1.01. The van der Waals surface area contributed by atoms with E-state index in [9.17, 15) is 19.7 Å². The van der Waals surface area contributed by atoms with Gasteiger partial charge in [-0.2, -0.15) is 0 Å². The number of ether oxygens (including phenoxy) is 2. The molecule has 3 aromatic carbocycles. The molecule has 35 heavy (non-hydrogen) atoms. The zero-order valence-electron chi connectivity index (χ0n) is 19.5. The third kappa shape index (κ3) is 7.64. The number of nitrogens with zero attached hydrogens (tertiary/aromatic N) is 1. The Morgan fingerprint density at radius 3 is 2.20 bits per heavy atom. The van der Waals surface area contributed by atoms with Gasteiger partial charge in [-0.15, -0.1) is 0 Å². The predicted molar refractivity (Wildman–Crippen MR) is 134 cm³/mol. The number of unbranched alkanes of at least 4 members (excludes halogenated alkanes) is 3. The van der Waals surface area contributed by atoms with Gasteiger partial charge in [-0.05, 0) is 73.2 Å². The lowest BCUT2D eigenvalue weighted by Crippen LogP contribution is -2.08. The Morgan fingerprint density at radius 1 is 0.857 bits per heavy atom. The highest BCUT2D eigenvalue weighted by Gasteiger charge is 2.12. The molecule has 0 aromatic heterocycles.